The molecule has 0 saturated carbocycles. The number of ether oxygens (including phenoxy) is 3. The van der Waals surface area contributed by atoms with Gasteiger partial charge in [-0.25, -0.2) is 4.79 Å². The van der Waals surface area contributed by atoms with E-state index in [4.69, 9.17) is 9.47 Å². The molecule has 4 heteroatoms. The van der Waals surface area contributed by atoms with Crippen LogP contribution in [0.3, 0.4) is 0 Å². The Balaban J connectivity index is 1.95. The molecule has 2 aliphatic heterocycles. The largest absolute Gasteiger partial charge is 0.467 e. The van der Waals surface area contributed by atoms with E-state index in [2.05, 4.69) is 4.74 Å². The van der Waals surface area contributed by atoms with Crippen LogP contribution in [0.4, 0.5) is 0 Å². The molecular formula is C8H12O4. The smallest absolute Gasteiger partial charge is 0.338 e. The Labute approximate surface area is 70.8 Å². The summed E-state index contributed by atoms with van der Waals surface area (Å²) in [5.41, 5.74) is -0.328. The lowest BCUT2D eigenvalue weighted by Crippen LogP contribution is -2.31. The first-order valence-corrected chi connectivity index (χ1v) is 4.12. The highest BCUT2D eigenvalue weighted by Gasteiger charge is 2.62. The molecule has 0 bridgehead atoms. The van der Waals surface area contributed by atoms with Crippen LogP contribution in [0.25, 0.3) is 0 Å². The van der Waals surface area contributed by atoms with Crippen molar-refractivity contribution in [3.05, 3.63) is 0 Å². The molecule has 1 spiro atoms. The summed E-state index contributed by atoms with van der Waals surface area (Å²) in [7, 11) is 1.38. The predicted octanol–water partition coefficient (Wildman–Crippen LogP) is 0.107. The first kappa shape index (κ1) is 8.01. The quantitative estimate of drug-likeness (QED) is 0.416. The summed E-state index contributed by atoms with van der Waals surface area (Å²) < 4.78 is 15.1. The van der Waals surface area contributed by atoms with Gasteiger partial charge in [0.05, 0.1) is 13.7 Å². The van der Waals surface area contributed by atoms with Crippen molar-refractivity contribution in [2.24, 2.45) is 0 Å². The average Bonchev–Trinajstić information content (AvgIpc) is 2.80. The van der Waals surface area contributed by atoms with Gasteiger partial charge in [-0.1, -0.05) is 0 Å². The first-order valence-electron chi connectivity index (χ1n) is 4.12. The Morgan fingerprint density at radius 3 is 3.08 bits per heavy atom. The van der Waals surface area contributed by atoms with E-state index in [1.807, 2.05) is 0 Å². The average molecular weight is 172 g/mol. The zero-order valence-corrected chi connectivity index (χ0v) is 7.04. The summed E-state index contributed by atoms with van der Waals surface area (Å²) in [6.45, 7) is 1.31. The van der Waals surface area contributed by atoms with Crippen LogP contribution in [-0.4, -0.2) is 38.0 Å². The van der Waals surface area contributed by atoms with Gasteiger partial charge in [-0.15, -0.1) is 0 Å². The number of methoxy groups -OCH3 is 1. The molecular weight excluding hydrogens is 160 g/mol. The molecule has 0 radical (unpaired) electrons. The number of carbonyl (C=O) groups is 1. The molecule has 68 valence electrons. The van der Waals surface area contributed by atoms with Crippen LogP contribution in [0.2, 0.25) is 0 Å². The third kappa shape index (κ3) is 1.11. The second kappa shape index (κ2) is 2.71. The first-order chi connectivity index (χ1) is 5.78. The van der Waals surface area contributed by atoms with E-state index in [1.54, 1.807) is 0 Å². The summed E-state index contributed by atoms with van der Waals surface area (Å²) >= 11 is 0. The van der Waals surface area contributed by atoms with Crippen LogP contribution in [0, 0.1) is 0 Å². The van der Waals surface area contributed by atoms with Gasteiger partial charge in [0, 0.05) is 6.61 Å². The van der Waals surface area contributed by atoms with E-state index in [0.29, 0.717) is 6.61 Å². The molecule has 0 aliphatic carbocycles. The van der Waals surface area contributed by atoms with Crippen molar-refractivity contribution in [2.45, 2.75) is 24.5 Å². The normalized spacial score (nSPS) is 39.6. The Bertz CT molecular complexity index is 195. The predicted molar refractivity (Wildman–Crippen MR) is 39.7 cm³/mol. The molecule has 2 saturated heterocycles. The minimum atomic E-state index is -0.372. The molecule has 12 heavy (non-hydrogen) atoms. The highest BCUT2D eigenvalue weighted by atomic mass is 16.7. The molecule has 2 rings (SSSR count). The second-order valence-corrected chi connectivity index (χ2v) is 3.24. The van der Waals surface area contributed by atoms with E-state index in [0.717, 1.165) is 19.4 Å². The number of epoxide rings is 1. The monoisotopic (exact) mass is 172 g/mol. The van der Waals surface area contributed by atoms with Crippen LogP contribution in [-0.2, 0) is 19.0 Å². The van der Waals surface area contributed by atoms with E-state index < -0.39 is 0 Å². The van der Waals surface area contributed by atoms with Crippen molar-refractivity contribution in [3.8, 4) is 0 Å². The van der Waals surface area contributed by atoms with Crippen molar-refractivity contribution in [1.82, 2.24) is 0 Å². The third-order valence-electron chi connectivity index (χ3n) is 2.42. The molecule has 2 fully saturated rings. The van der Waals surface area contributed by atoms with Gasteiger partial charge in [0.2, 0.25) is 0 Å². The maximum absolute atomic E-state index is 11.0. The van der Waals surface area contributed by atoms with E-state index in [9.17, 15) is 4.79 Å². The number of rotatable bonds is 1. The van der Waals surface area contributed by atoms with Gasteiger partial charge in [-0.05, 0) is 12.8 Å². The Kier molecular flexibility index (Phi) is 1.81. The highest BCUT2D eigenvalue weighted by molar-refractivity contribution is 5.79. The van der Waals surface area contributed by atoms with Gasteiger partial charge < -0.3 is 14.2 Å². The van der Waals surface area contributed by atoms with Crippen LogP contribution >= 0.6 is 0 Å². The van der Waals surface area contributed by atoms with Crippen molar-refractivity contribution in [3.63, 3.8) is 0 Å². The highest BCUT2D eigenvalue weighted by Crippen LogP contribution is 2.43. The molecule has 2 heterocycles. The van der Waals surface area contributed by atoms with E-state index in [-0.39, 0.29) is 17.7 Å². The molecule has 2 atom stereocenters. The topological polar surface area (TPSA) is 48.1 Å². The molecule has 0 aromatic carbocycles. The SMILES string of the molecule is COC(=O)[C@@H]1O[C@@]12CCCOC2. The zero-order chi connectivity index (χ0) is 8.60. The lowest BCUT2D eigenvalue weighted by molar-refractivity contribution is -0.142. The molecule has 0 N–H and O–H groups in total. The maximum atomic E-state index is 11.0. The van der Waals surface area contributed by atoms with Crippen LogP contribution in [0.15, 0.2) is 0 Å². The van der Waals surface area contributed by atoms with Gasteiger partial charge >= 0.3 is 5.97 Å². The van der Waals surface area contributed by atoms with Crippen molar-refractivity contribution in [1.29, 1.82) is 0 Å². The fraction of sp³-hybridized carbons (Fsp3) is 0.875. The molecule has 0 aromatic heterocycles. The van der Waals surface area contributed by atoms with Crippen molar-refractivity contribution in [2.75, 3.05) is 20.3 Å². The molecule has 0 amide bonds. The lowest BCUT2D eigenvalue weighted by atomic mass is 9.98. The standard InChI is InChI=1S/C8H12O4/c1-10-7(9)6-8(12-6)3-2-4-11-5-8/h6H,2-5H2,1H3/t6-,8+/m0/s1. The summed E-state index contributed by atoms with van der Waals surface area (Å²) in [6, 6.07) is 0. The third-order valence-corrected chi connectivity index (χ3v) is 2.42. The Morgan fingerprint density at radius 2 is 2.50 bits per heavy atom. The number of hydrogen-bond donors (Lipinski definition) is 0. The fourth-order valence-electron chi connectivity index (χ4n) is 1.66. The number of esters is 1. The molecule has 4 nitrogen and oxygen atoms in total. The Hall–Kier alpha value is -0.610. The Morgan fingerprint density at radius 1 is 1.67 bits per heavy atom. The van der Waals surface area contributed by atoms with E-state index >= 15 is 0 Å². The number of carbonyl (C=O) groups excluding carboxylic acids is 1. The van der Waals surface area contributed by atoms with Crippen LogP contribution in [0.1, 0.15) is 12.8 Å². The van der Waals surface area contributed by atoms with Gasteiger partial charge in [0.15, 0.2) is 6.10 Å². The van der Waals surface area contributed by atoms with Crippen LogP contribution in [0.5, 0.6) is 0 Å². The minimum absolute atomic E-state index is 0.277. The summed E-state index contributed by atoms with van der Waals surface area (Å²) in [5.74, 6) is -0.277. The van der Waals surface area contributed by atoms with Crippen LogP contribution < -0.4 is 0 Å². The van der Waals surface area contributed by atoms with Gasteiger partial charge in [0.1, 0.15) is 5.60 Å². The van der Waals surface area contributed by atoms with Gasteiger partial charge in [0.25, 0.3) is 0 Å². The maximum Gasteiger partial charge on any atom is 0.338 e. The molecule has 2 aliphatic rings. The summed E-state index contributed by atoms with van der Waals surface area (Å²) in [6.07, 6.45) is 1.50. The summed E-state index contributed by atoms with van der Waals surface area (Å²) in [4.78, 5) is 11.0. The number of hydrogen-bond acceptors (Lipinski definition) is 4. The lowest BCUT2D eigenvalue weighted by Gasteiger charge is -2.18. The molecule has 0 aromatic rings. The van der Waals surface area contributed by atoms with Gasteiger partial charge in [-0.3, -0.25) is 0 Å². The summed E-state index contributed by atoms with van der Waals surface area (Å²) in [5, 5.41) is 0. The van der Waals surface area contributed by atoms with E-state index in [1.165, 1.54) is 7.11 Å². The fourth-order valence-corrected chi connectivity index (χ4v) is 1.66. The second-order valence-electron chi connectivity index (χ2n) is 3.24. The molecule has 0 unspecified atom stereocenters. The van der Waals surface area contributed by atoms with Crippen molar-refractivity contribution >= 4 is 5.97 Å². The minimum Gasteiger partial charge on any atom is -0.467 e. The van der Waals surface area contributed by atoms with Gasteiger partial charge in [-0.2, -0.15) is 0 Å². The zero-order valence-electron chi connectivity index (χ0n) is 7.04. The van der Waals surface area contributed by atoms with Crippen molar-refractivity contribution < 1.29 is 19.0 Å².